The number of hydrogen-bond acceptors (Lipinski definition) is 2. The lowest BCUT2D eigenvalue weighted by Crippen LogP contribution is -2.41. The lowest BCUT2D eigenvalue weighted by molar-refractivity contribution is 0.0240. The summed E-state index contributed by atoms with van der Waals surface area (Å²) in [6.07, 6.45) is 2.24. The molecule has 1 aromatic carbocycles. The van der Waals surface area contributed by atoms with E-state index in [0.29, 0.717) is 6.61 Å². The summed E-state index contributed by atoms with van der Waals surface area (Å²) in [5.41, 5.74) is 1.23. The Morgan fingerprint density at radius 1 is 1.09 bits per heavy atom. The Bertz CT molecular complexity index is 415. The van der Waals surface area contributed by atoms with Crippen molar-refractivity contribution in [2.75, 3.05) is 11.9 Å². The first-order chi connectivity index (χ1) is 10.3. The van der Waals surface area contributed by atoms with Crippen LogP contribution >= 0.6 is 15.9 Å². The van der Waals surface area contributed by atoms with Gasteiger partial charge in [-0.2, -0.15) is 0 Å². The summed E-state index contributed by atoms with van der Waals surface area (Å²) < 4.78 is 12.3. The Morgan fingerprint density at radius 3 is 2.27 bits per heavy atom. The summed E-state index contributed by atoms with van der Waals surface area (Å²) in [4.78, 5) is 0. The maximum atomic E-state index is 6.27. The van der Waals surface area contributed by atoms with Crippen LogP contribution in [0.4, 0.5) is 0 Å². The normalized spacial score (nSPS) is 14.1. The number of rotatable bonds is 9. The van der Waals surface area contributed by atoms with Crippen LogP contribution in [-0.4, -0.2) is 26.4 Å². The Balaban J connectivity index is 2.41. The Labute approximate surface area is 145 Å². The molecule has 0 saturated heterocycles. The maximum Gasteiger partial charge on any atom is 0.191 e. The van der Waals surface area contributed by atoms with Gasteiger partial charge in [0, 0.05) is 11.9 Å². The largest absolute Gasteiger partial charge is 0.417 e. The monoisotopic (exact) mass is 386 g/mol. The molecule has 1 unspecified atom stereocenters. The van der Waals surface area contributed by atoms with Crippen molar-refractivity contribution in [3.05, 3.63) is 35.9 Å². The fourth-order valence-corrected chi connectivity index (χ4v) is 3.45. The van der Waals surface area contributed by atoms with Crippen molar-refractivity contribution < 1.29 is 9.16 Å². The van der Waals surface area contributed by atoms with Crippen LogP contribution in [-0.2, 0) is 15.8 Å². The molecule has 1 aromatic rings. The molecule has 126 valence electrons. The quantitative estimate of drug-likeness (QED) is 0.396. The Kier molecular flexibility index (Phi) is 8.32. The van der Waals surface area contributed by atoms with Crippen LogP contribution in [0.1, 0.15) is 39.2 Å². The molecule has 0 aliphatic heterocycles. The van der Waals surface area contributed by atoms with Crippen molar-refractivity contribution in [3.8, 4) is 0 Å². The van der Waals surface area contributed by atoms with Crippen molar-refractivity contribution in [3.63, 3.8) is 0 Å². The maximum absolute atomic E-state index is 6.27. The van der Waals surface area contributed by atoms with E-state index < -0.39 is 8.32 Å². The van der Waals surface area contributed by atoms with Crippen LogP contribution < -0.4 is 0 Å². The highest BCUT2D eigenvalue weighted by molar-refractivity contribution is 9.09. The number of benzene rings is 1. The van der Waals surface area contributed by atoms with E-state index in [1.54, 1.807) is 0 Å². The van der Waals surface area contributed by atoms with E-state index in [2.05, 4.69) is 74.1 Å². The van der Waals surface area contributed by atoms with E-state index in [4.69, 9.17) is 9.16 Å². The zero-order chi connectivity index (χ0) is 16.6. The third-order valence-electron chi connectivity index (χ3n) is 4.47. The van der Waals surface area contributed by atoms with Gasteiger partial charge < -0.3 is 9.16 Å². The van der Waals surface area contributed by atoms with Crippen molar-refractivity contribution in [1.82, 2.24) is 0 Å². The molecule has 0 aromatic heterocycles. The van der Waals surface area contributed by atoms with Crippen LogP contribution in [0.2, 0.25) is 18.1 Å². The zero-order valence-corrected chi connectivity index (χ0v) is 17.3. The minimum absolute atomic E-state index is 0.254. The first kappa shape index (κ1) is 19.9. The molecule has 2 nitrogen and oxygen atoms in total. The average molecular weight is 387 g/mol. The van der Waals surface area contributed by atoms with Gasteiger partial charge in [-0.05, 0) is 36.5 Å². The van der Waals surface area contributed by atoms with Crippen molar-refractivity contribution in [2.24, 2.45) is 0 Å². The summed E-state index contributed by atoms with van der Waals surface area (Å²) in [7, 11) is -1.65. The Hall–Kier alpha value is -0.163. The molecule has 0 fully saturated rings. The van der Waals surface area contributed by atoms with Crippen LogP contribution in [0.3, 0.4) is 0 Å². The third-order valence-corrected chi connectivity index (χ3v) is 9.46. The van der Waals surface area contributed by atoms with Gasteiger partial charge in [-0.3, -0.25) is 0 Å². The van der Waals surface area contributed by atoms with Gasteiger partial charge in [0.15, 0.2) is 8.32 Å². The van der Waals surface area contributed by atoms with Crippen LogP contribution in [0.15, 0.2) is 30.3 Å². The van der Waals surface area contributed by atoms with Gasteiger partial charge in [-0.25, -0.2) is 0 Å². The lowest BCUT2D eigenvalue weighted by atomic mass is 10.2. The average Bonchev–Trinajstić information content (AvgIpc) is 2.44. The van der Waals surface area contributed by atoms with Gasteiger partial charge in [-0.15, -0.1) is 0 Å². The van der Waals surface area contributed by atoms with E-state index in [1.807, 2.05) is 6.07 Å². The van der Waals surface area contributed by atoms with E-state index in [1.165, 1.54) is 5.56 Å². The smallest absolute Gasteiger partial charge is 0.191 e. The third kappa shape index (κ3) is 6.94. The molecule has 0 amide bonds. The molecule has 1 atom stereocenters. The predicted molar refractivity (Wildman–Crippen MR) is 101 cm³/mol. The predicted octanol–water partition coefficient (Wildman–Crippen LogP) is 5.77. The molecule has 0 heterocycles. The van der Waals surface area contributed by atoms with Crippen LogP contribution in [0.25, 0.3) is 0 Å². The second-order valence-corrected chi connectivity index (χ2v) is 12.9. The van der Waals surface area contributed by atoms with Crippen LogP contribution in [0, 0.1) is 0 Å². The first-order valence-electron chi connectivity index (χ1n) is 8.12. The molecular weight excluding hydrogens is 356 g/mol. The molecule has 0 bridgehead atoms. The number of ether oxygens (including phenoxy) is 1. The molecule has 1 rings (SSSR count). The van der Waals surface area contributed by atoms with Crippen molar-refractivity contribution in [1.29, 1.82) is 0 Å². The molecule has 0 N–H and O–H groups in total. The molecule has 0 saturated carbocycles. The first-order valence-corrected chi connectivity index (χ1v) is 12.1. The van der Waals surface area contributed by atoms with Gasteiger partial charge in [0.05, 0.1) is 12.7 Å². The van der Waals surface area contributed by atoms with Crippen molar-refractivity contribution in [2.45, 2.75) is 64.5 Å². The van der Waals surface area contributed by atoms with Gasteiger partial charge >= 0.3 is 0 Å². The number of hydrogen-bond donors (Lipinski definition) is 0. The van der Waals surface area contributed by atoms with Gasteiger partial charge in [0.1, 0.15) is 0 Å². The second kappa shape index (κ2) is 9.21. The zero-order valence-electron chi connectivity index (χ0n) is 14.7. The standard InChI is InChI=1S/C18H31BrO2Si/c1-18(2,3)22(4,5)21-14-12-17(11-13-19)20-15-16-9-7-6-8-10-16/h6-10,17H,11-15H2,1-5H3. The highest BCUT2D eigenvalue weighted by Gasteiger charge is 2.37. The van der Waals surface area contributed by atoms with E-state index >= 15 is 0 Å². The summed E-state index contributed by atoms with van der Waals surface area (Å²) in [5.74, 6) is 0. The van der Waals surface area contributed by atoms with E-state index in [9.17, 15) is 0 Å². The van der Waals surface area contributed by atoms with Crippen LogP contribution in [0.5, 0.6) is 0 Å². The lowest BCUT2D eigenvalue weighted by Gasteiger charge is -2.36. The number of alkyl halides is 1. The summed E-state index contributed by atoms with van der Waals surface area (Å²) in [6.45, 7) is 12.9. The molecule has 0 radical (unpaired) electrons. The van der Waals surface area contributed by atoms with Gasteiger partial charge in [0.25, 0.3) is 0 Å². The minimum atomic E-state index is -1.65. The summed E-state index contributed by atoms with van der Waals surface area (Å²) >= 11 is 3.53. The Morgan fingerprint density at radius 2 is 1.73 bits per heavy atom. The molecule has 4 heteroatoms. The second-order valence-electron chi connectivity index (χ2n) is 7.29. The molecule has 0 spiro atoms. The van der Waals surface area contributed by atoms with E-state index in [-0.39, 0.29) is 11.1 Å². The fraction of sp³-hybridized carbons (Fsp3) is 0.667. The van der Waals surface area contributed by atoms with Crippen molar-refractivity contribution >= 4 is 24.2 Å². The highest BCUT2D eigenvalue weighted by atomic mass is 79.9. The molecule has 0 aliphatic carbocycles. The SMILES string of the molecule is CC(C)(C)[Si](C)(C)OCCC(CCBr)OCc1ccccc1. The molecule has 22 heavy (non-hydrogen) atoms. The van der Waals surface area contributed by atoms with E-state index in [0.717, 1.165) is 24.8 Å². The summed E-state index contributed by atoms with van der Waals surface area (Å²) in [5, 5.41) is 1.23. The minimum Gasteiger partial charge on any atom is -0.417 e. The van der Waals surface area contributed by atoms with Gasteiger partial charge in [-0.1, -0.05) is 67.0 Å². The topological polar surface area (TPSA) is 18.5 Å². The molecule has 0 aliphatic rings. The summed E-state index contributed by atoms with van der Waals surface area (Å²) in [6, 6.07) is 10.4. The highest BCUT2D eigenvalue weighted by Crippen LogP contribution is 2.36. The molecular formula is C18H31BrO2Si. The van der Waals surface area contributed by atoms with Gasteiger partial charge in [0.2, 0.25) is 0 Å². The number of halogens is 1. The fourth-order valence-electron chi connectivity index (χ4n) is 1.88.